The maximum absolute atomic E-state index is 6.20. The van der Waals surface area contributed by atoms with E-state index in [1.54, 1.807) is 0 Å². The molecule has 0 saturated heterocycles. The van der Waals surface area contributed by atoms with Crippen LogP contribution in [0.2, 0.25) is 0 Å². The van der Waals surface area contributed by atoms with Gasteiger partial charge in [0.05, 0.1) is 4.87 Å². The quantitative estimate of drug-likeness (QED) is 0.413. The van der Waals surface area contributed by atoms with Crippen LogP contribution in [-0.2, 0) is 0 Å². The Morgan fingerprint density at radius 3 is 2.36 bits per heavy atom. The van der Waals surface area contributed by atoms with Crippen molar-refractivity contribution in [1.82, 2.24) is 0 Å². The number of alkyl halides is 4. The van der Waals surface area contributed by atoms with Crippen molar-refractivity contribution in [2.45, 2.75) is 36.4 Å². The van der Waals surface area contributed by atoms with Gasteiger partial charge in [-0.05, 0) is 26.7 Å². The summed E-state index contributed by atoms with van der Waals surface area (Å²) in [5.74, 6) is 0. The summed E-state index contributed by atoms with van der Waals surface area (Å²) in [6, 6.07) is 0. The summed E-state index contributed by atoms with van der Waals surface area (Å²) in [7, 11) is 0. The fraction of sp³-hybridized carbons (Fsp3) is 0.800. The molecule has 0 heterocycles. The van der Waals surface area contributed by atoms with Crippen molar-refractivity contribution < 1.29 is 0 Å². The highest BCUT2D eigenvalue weighted by Gasteiger charge is 2.23. The van der Waals surface area contributed by atoms with Crippen molar-refractivity contribution in [3.05, 3.63) is 11.6 Å². The van der Waals surface area contributed by atoms with Crippen LogP contribution in [-0.4, -0.2) is 20.4 Å². The maximum Gasteiger partial charge on any atom is 0.0515 e. The van der Waals surface area contributed by atoms with Gasteiger partial charge in [-0.1, -0.05) is 59.4 Å². The van der Waals surface area contributed by atoms with Crippen LogP contribution in [0, 0.1) is 0 Å². The Kier molecular flexibility index (Phi) is 8.50. The molecule has 0 aromatic rings. The average Bonchev–Trinajstić information content (AvgIpc) is 2.10. The predicted octanol–water partition coefficient (Wildman–Crippen LogP) is 5.26. The van der Waals surface area contributed by atoms with Crippen LogP contribution in [0.15, 0.2) is 11.6 Å². The van der Waals surface area contributed by atoms with E-state index in [1.807, 2.05) is 13.8 Å². The number of allylic oxidation sites excluding steroid dienone is 2. The molecule has 0 amide bonds. The van der Waals surface area contributed by atoms with E-state index in [2.05, 4.69) is 53.9 Å². The summed E-state index contributed by atoms with van der Waals surface area (Å²) < 4.78 is 0. The first-order chi connectivity index (χ1) is 6.41. The summed E-state index contributed by atoms with van der Waals surface area (Å²) in [6.45, 7) is 4.08. The average molecular weight is 411 g/mol. The number of hydrogen-bond acceptors (Lipinski definition) is 0. The second-order valence-electron chi connectivity index (χ2n) is 3.72. The van der Waals surface area contributed by atoms with Gasteiger partial charge in [-0.15, -0.1) is 11.6 Å². The van der Waals surface area contributed by atoms with Crippen LogP contribution in [0.5, 0.6) is 0 Å². The van der Waals surface area contributed by atoms with Crippen molar-refractivity contribution >= 4 is 59.4 Å². The van der Waals surface area contributed by atoms with E-state index >= 15 is 0 Å². The van der Waals surface area contributed by atoms with Gasteiger partial charge in [0.15, 0.2) is 0 Å². The van der Waals surface area contributed by atoms with Crippen LogP contribution in [0.25, 0.3) is 0 Å². The van der Waals surface area contributed by atoms with E-state index in [1.165, 1.54) is 5.57 Å². The lowest BCUT2D eigenvalue weighted by Gasteiger charge is -2.23. The molecule has 0 aliphatic carbocycles. The number of rotatable bonds is 6. The Balaban J connectivity index is 3.98. The molecule has 0 aromatic carbocycles. The largest absolute Gasteiger partial charge is 0.119 e. The molecule has 0 fully saturated rings. The molecule has 1 atom stereocenters. The highest BCUT2D eigenvalue weighted by Crippen LogP contribution is 2.29. The maximum atomic E-state index is 6.20. The monoisotopic (exact) mass is 408 g/mol. The minimum atomic E-state index is -0.175. The van der Waals surface area contributed by atoms with Gasteiger partial charge in [0.2, 0.25) is 0 Å². The Labute approximate surface area is 117 Å². The normalized spacial score (nSPS) is 15.7. The van der Waals surface area contributed by atoms with Gasteiger partial charge in [0.1, 0.15) is 0 Å². The third kappa shape index (κ3) is 6.86. The standard InChI is InChI=1S/C10H16Br3Cl/c1-10(2,14)9(13)4-3-8(7-12)5-6-11/h5,9H,3-4,6-7H2,1-2H3. The van der Waals surface area contributed by atoms with Crippen molar-refractivity contribution in [2.75, 3.05) is 10.7 Å². The van der Waals surface area contributed by atoms with Gasteiger partial charge in [-0.3, -0.25) is 0 Å². The third-order valence-corrected chi connectivity index (χ3v) is 5.17. The SMILES string of the molecule is CC(C)(Cl)C(Br)CCC(=CCBr)CBr. The molecule has 0 aliphatic rings. The van der Waals surface area contributed by atoms with Crippen molar-refractivity contribution in [3.63, 3.8) is 0 Å². The van der Waals surface area contributed by atoms with Gasteiger partial charge in [-0.25, -0.2) is 0 Å². The van der Waals surface area contributed by atoms with E-state index in [0.29, 0.717) is 4.83 Å². The molecule has 0 nitrogen and oxygen atoms in total. The topological polar surface area (TPSA) is 0 Å². The lowest BCUT2D eigenvalue weighted by molar-refractivity contribution is 0.616. The molecule has 4 heteroatoms. The number of halogens is 4. The molecule has 14 heavy (non-hydrogen) atoms. The van der Waals surface area contributed by atoms with Crippen molar-refractivity contribution in [2.24, 2.45) is 0 Å². The molecule has 0 aliphatic heterocycles. The zero-order chi connectivity index (χ0) is 11.2. The Bertz CT molecular complexity index is 184. The molecule has 0 spiro atoms. The fourth-order valence-electron chi connectivity index (χ4n) is 0.988. The molecule has 1 unspecified atom stereocenters. The molecule has 0 bridgehead atoms. The van der Waals surface area contributed by atoms with Crippen molar-refractivity contribution in [1.29, 1.82) is 0 Å². The van der Waals surface area contributed by atoms with Gasteiger partial charge in [0.25, 0.3) is 0 Å². The summed E-state index contributed by atoms with van der Waals surface area (Å²) in [4.78, 5) is 0.181. The lowest BCUT2D eigenvalue weighted by atomic mass is 10.0. The number of hydrogen-bond donors (Lipinski definition) is 0. The van der Waals surface area contributed by atoms with Crippen LogP contribution in [0.3, 0.4) is 0 Å². The molecule has 0 radical (unpaired) electrons. The molecule has 0 aromatic heterocycles. The Morgan fingerprint density at radius 1 is 1.43 bits per heavy atom. The molecule has 0 saturated carbocycles. The first-order valence-electron chi connectivity index (χ1n) is 4.54. The molecular weight excluding hydrogens is 395 g/mol. The Morgan fingerprint density at radius 2 is 2.00 bits per heavy atom. The van der Waals surface area contributed by atoms with Crippen LogP contribution in [0.4, 0.5) is 0 Å². The van der Waals surface area contributed by atoms with E-state index < -0.39 is 0 Å². The zero-order valence-electron chi connectivity index (χ0n) is 8.49. The summed E-state index contributed by atoms with van der Waals surface area (Å²) in [5, 5.41) is 1.87. The second-order valence-corrected chi connectivity index (χ2v) is 7.01. The van der Waals surface area contributed by atoms with Crippen LogP contribution >= 0.6 is 59.4 Å². The minimum Gasteiger partial charge on any atom is -0.119 e. The highest BCUT2D eigenvalue weighted by molar-refractivity contribution is 9.09. The predicted molar refractivity (Wildman–Crippen MR) is 77.6 cm³/mol. The minimum absolute atomic E-state index is 0.175. The second kappa shape index (κ2) is 7.70. The first kappa shape index (κ1) is 15.5. The van der Waals surface area contributed by atoms with Gasteiger partial charge in [0, 0.05) is 15.5 Å². The first-order valence-corrected chi connectivity index (χ1v) is 8.08. The molecule has 84 valence electrons. The van der Waals surface area contributed by atoms with E-state index in [9.17, 15) is 0 Å². The molecule has 0 N–H and O–H groups in total. The fourth-order valence-corrected chi connectivity index (χ4v) is 2.29. The summed E-state index contributed by atoms with van der Waals surface area (Å²) in [6.07, 6.45) is 4.36. The zero-order valence-corrected chi connectivity index (χ0v) is 14.0. The van der Waals surface area contributed by atoms with Gasteiger partial charge in [-0.2, -0.15) is 0 Å². The lowest BCUT2D eigenvalue weighted by Crippen LogP contribution is -2.24. The van der Waals surface area contributed by atoms with E-state index in [0.717, 1.165) is 23.5 Å². The third-order valence-electron chi connectivity index (χ3n) is 2.00. The molecule has 0 rings (SSSR count). The van der Waals surface area contributed by atoms with Crippen LogP contribution < -0.4 is 0 Å². The summed E-state index contributed by atoms with van der Waals surface area (Å²) >= 11 is 16.7. The summed E-state index contributed by atoms with van der Waals surface area (Å²) in [5.41, 5.74) is 1.42. The molecular formula is C10H16Br3Cl. The Hall–Kier alpha value is 1.47. The van der Waals surface area contributed by atoms with Crippen molar-refractivity contribution in [3.8, 4) is 0 Å². The van der Waals surface area contributed by atoms with Gasteiger partial charge < -0.3 is 0 Å². The van der Waals surface area contributed by atoms with E-state index in [-0.39, 0.29) is 4.87 Å². The van der Waals surface area contributed by atoms with E-state index in [4.69, 9.17) is 11.6 Å². The highest BCUT2D eigenvalue weighted by atomic mass is 79.9. The smallest absolute Gasteiger partial charge is 0.0515 e. The van der Waals surface area contributed by atoms with Gasteiger partial charge >= 0.3 is 0 Å². The van der Waals surface area contributed by atoms with Crippen LogP contribution in [0.1, 0.15) is 26.7 Å².